The molecule has 0 amide bonds. The highest BCUT2D eigenvalue weighted by Crippen LogP contribution is 2.45. The number of aryl methyl sites for hydroxylation is 1. The molecule has 0 radical (unpaired) electrons. The normalized spacial score (nSPS) is 12.3. The van der Waals surface area contributed by atoms with Gasteiger partial charge in [0, 0.05) is 98.7 Å². The lowest BCUT2D eigenvalue weighted by molar-refractivity contribution is 0.669. The van der Waals surface area contributed by atoms with Crippen molar-refractivity contribution in [3.05, 3.63) is 316 Å². The molecule has 12 aromatic carbocycles. The van der Waals surface area contributed by atoms with Gasteiger partial charge in [0.05, 0.1) is 44.2 Å². The van der Waals surface area contributed by atoms with E-state index in [1.54, 1.807) is 6.33 Å². The summed E-state index contributed by atoms with van der Waals surface area (Å²) in [5.41, 5.74) is 22.3. The second kappa shape index (κ2) is 22.9. The molecule has 0 spiro atoms. The third kappa shape index (κ3) is 8.89. The number of fused-ring (bicyclic) bond motifs is 16. The van der Waals surface area contributed by atoms with E-state index in [2.05, 4.69) is 292 Å². The van der Waals surface area contributed by atoms with Crippen LogP contribution >= 0.6 is 0 Å². The van der Waals surface area contributed by atoms with Gasteiger partial charge in [-0.1, -0.05) is 177 Å². The van der Waals surface area contributed by atoms with Gasteiger partial charge in [-0.25, -0.2) is 24.9 Å². The highest BCUT2D eigenvalue weighted by atomic mass is 16.3. The van der Waals surface area contributed by atoms with E-state index < -0.39 is 0 Å². The number of nitrogens with zero attached hydrogens (tertiary/aromatic N) is 10. The Hall–Kier alpha value is -13.8. The summed E-state index contributed by atoms with van der Waals surface area (Å²) in [7, 11) is 0. The van der Waals surface area contributed by atoms with Crippen LogP contribution in [-0.2, 0) is 0 Å². The molecule has 102 heavy (non-hydrogen) atoms. The summed E-state index contributed by atoms with van der Waals surface area (Å²) in [6, 6.07) is 89.9. The van der Waals surface area contributed by atoms with Gasteiger partial charge in [0.2, 0.25) is 5.95 Å². The van der Waals surface area contributed by atoms with Crippen LogP contribution in [0.3, 0.4) is 0 Å². The Morgan fingerprint density at radius 2 is 0.951 bits per heavy atom. The number of benzene rings is 12. The number of allylic oxidation sites excluding steroid dienone is 5. The number of rotatable bonds is 12. The van der Waals surface area contributed by atoms with E-state index in [0.717, 1.165) is 160 Å². The molecule has 20 rings (SSSR count). The van der Waals surface area contributed by atoms with Gasteiger partial charge in [-0.15, -0.1) is 0 Å². The Kier molecular flexibility index (Phi) is 13.1. The summed E-state index contributed by atoms with van der Waals surface area (Å²) in [5, 5.41) is 12.1. The van der Waals surface area contributed by atoms with Crippen molar-refractivity contribution in [1.29, 1.82) is 0 Å². The van der Waals surface area contributed by atoms with Crippen LogP contribution in [0.15, 0.2) is 308 Å². The lowest BCUT2D eigenvalue weighted by Gasteiger charge is -2.12. The maximum atomic E-state index is 7.05. The van der Waals surface area contributed by atoms with Crippen molar-refractivity contribution in [3.63, 3.8) is 0 Å². The summed E-state index contributed by atoms with van der Waals surface area (Å²) in [4.78, 5) is 29.1. The lowest BCUT2D eigenvalue weighted by Crippen LogP contribution is -2.03. The molecule has 0 aliphatic heterocycles. The molecule has 0 unspecified atom stereocenters. The molecule has 0 atom stereocenters. The van der Waals surface area contributed by atoms with Gasteiger partial charge in [0.15, 0.2) is 17.5 Å². The number of furan rings is 2. The van der Waals surface area contributed by atoms with Crippen LogP contribution in [0.25, 0.3) is 200 Å². The minimum absolute atomic E-state index is 0.447. The SMILES string of the molecule is C=CC(=CC(=C)c1ncnc(-c2cccc3c2oc2ccccc23)n1)n1c2ccccc2c2cc(-n3c4ccccc4c4c(-c5ccc6c(c5)oc5c(-c7cccc(-c8ncnc(-n9c%10ccccc%10c%10cc(-n%11c(C=CC)c(C)c%12ccccc%12%11)ccc%109)n8)c7)cccc56)cccc43)ccc21. The molecule has 480 valence electrons. The summed E-state index contributed by atoms with van der Waals surface area (Å²) in [6.45, 7) is 13.1. The Balaban J connectivity index is 0.634. The minimum atomic E-state index is 0.447. The van der Waals surface area contributed by atoms with E-state index in [1.807, 2.05) is 42.5 Å². The first-order valence-corrected chi connectivity index (χ1v) is 34.1. The van der Waals surface area contributed by atoms with Gasteiger partial charge in [-0.05, 0) is 151 Å². The van der Waals surface area contributed by atoms with E-state index >= 15 is 0 Å². The van der Waals surface area contributed by atoms with E-state index in [9.17, 15) is 0 Å². The van der Waals surface area contributed by atoms with Crippen LogP contribution in [0.2, 0.25) is 0 Å². The second-order valence-electron chi connectivity index (χ2n) is 25.9. The zero-order chi connectivity index (χ0) is 67.8. The topological polar surface area (TPSA) is 123 Å². The zero-order valence-corrected chi connectivity index (χ0v) is 55.4. The van der Waals surface area contributed by atoms with Crippen molar-refractivity contribution in [2.75, 3.05) is 0 Å². The highest BCUT2D eigenvalue weighted by Gasteiger charge is 2.24. The first-order chi connectivity index (χ1) is 50.3. The van der Waals surface area contributed by atoms with Crippen molar-refractivity contribution in [3.8, 4) is 62.4 Å². The van der Waals surface area contributed by atoms with Gasteiger partial charge in [-0.3, -0.25) is 4.57 Å². The first kappa shape index (κ1) is 58.3. The largest absolute Gasteiger partial charge is 0.455 e. The molecular weight excluding hydrogens is 1250 g/mol. The van der Waals surface area contributed by atoms with Crippen molar-refractivity contribution in [1.82, 2.24) is 48.2 Å². The third-order valence-corrected chi connectivity index (χ3v) is 20.3. The number of aromatic nitrogens is 10. The Morgan fingerprint density at radius 1 is 0.402 bits per heavy atom. The van der Waals surface area contributed by atoms with Gasteiger partial charge in [-0.2, -0.15) is 4.98 Å². The average molecular weight is 1310 g/mol. The maximum absolute atomic E-state index is 7.05. The highest BCUT2D eigenvalue weighted by molar-refractivity contribution is 6.19. The minimum Gasteiger partial charge on any atom is -0.455 e. The molecule has 0 fully saturated rings. The lowest BCUT2D eigenvalue weighted by atomic mass is 9.97. The molecule has 12 nitrogen and oxygen atoms in total. The summed E-state index contributed by atoms with van der Waals surface area (Å²) >= 11 is 0. The molecule has 8 heterocycles. The molecule has 0 aliphatic carbocycles. The summed E-state index contributed by atoms with van der Waals surface area (Å²) in [5.74, 6) is 2.05. The fraction of sp³-hybridized carbons (Fsp3) is 0.0222. The van der Waals surface area contributed by atoms with Crippen LogP contribution in [-0.4, -0.2) is 48.2 Å². The van der Waals surface area contributed by atoms with E-state index in [4.69, 9.17) is 28.8 Å². The van der Waals surface area contributed by atoms with Gasteiger partial charge < -0.3 is 22.5 Å². The monoisotopic (exact) mass is 1310 g/mol. The van der Waals surface area contributed by atoms with E-state index in [-0.39, 0.29) is 0 Å². The van der Waals surface area contributed by atoms with Crippen molar-refractivity contribution in [2.24, 2.45) is 0 Å². The summed E-state index contributed by atoms with van der Waals surface area (Å²) in [6.07, 6.45) is 11.3. The van der Waals surface area contributed by atoms with Crippen molar-refractivity contribution in [2.45, 2.75) is 13.8 Å². The van der Waals surface area contributed by atoms with E-state index in [1.165, 1.54) is 28.5 Å². The van der Waals surface area contributed by atoms with Crippen LogP contribution < -0.4 is 0 Å². The quantitative estimate of drug-likeness (QED) is 0.111. The Labute approximate surface area is 583 Å². The van der Waals surface area contributed by atoms with E-state index in [0.29, 0.717) is 29.0 Å². The molecule has 0 aliphatic rings. The van der Waals surface area contributed by atoms with Crippen LogP contribution in [0.1, 0.15) is 24.0 Å². The molecule has 0 bridgehead atoms. The second-order valence-corrected chi connectivity index (χ2v) is 25.9. The Morgan fingerprint density at radius 3 is 1.75 bits per heavy atom. The zero-order valence-electron chi connectivity index (χ0n) is 55.4. The van der Waals surface area contributed by atoms with Crippen molar-refractivity contribution >= 4 is 138 Å². The fourth-order valence-electron chi connectivity index (χ4n) is 15.8. The molecule has 0 saturated heterocycles. The number of hydrogen-bond donors (Lipinski definition) is 0. The molecular formula is C90H58N10O2. The average Bonchev–Trinajstić information content (AvgIpc) is 1.59. The van der Waals surface area contributed by atoms with Gasteiger partial charge in [0.1, 0.15) is 35.0 Å². The number of hydrogen-bond acceptors (Lipinski definition) is 8. The smallest absolute Gasteiger partial charge is 0.238 e. The van der Waals surface area contributed by atoms with Crippen molar-refractivity contribution < 1.29 is 8.83 Å². The predicted octanol–water partition coefficient (Wildman–Crippen LogP) is 22.9. The maximum Gasteiger partial charge on any atom is 0.238 e. The molecule has 8 aromatic heterocycles. The number of para-hydroxylation sites is 7. The van der Waals surface area contributed by atoms with Crippen LogP contribution in [0, 0.1) is 6.92 Å². The molecule has 0 saturated carbocycles. The standard InChI is InChI=1S/C90H58N10O2/c1-5-21-74-54(4)61-24-7-12-34-75(61)98(74)59-42-45-80-73(49-59)65-26-9-14-36-77(65)100(80)90-94-52-92-88(96-90)57-23-17-22-55(47-57)63-30-18-31-69-67-43-40-56(48-83(67)102-85(63)69)62-29-20-38-81-84(62)70-28-10-15-37-78(70)99(81)60-41-44-79-72(50-60)64-25-8-13-35-76(64)97(79)58(6-2)46-53(3)87-91-51-93-89(95-87)71-33-19-32-68-66-27-11-16-39-82(66)101-86(68)71/h5-52H,2-3H2,1,4H3. The Bertz CT molecular complexity index is 7040. The fourth-order valence-corrected chi connectivity index (χ4v) is 15.8. The van der Waals surface area contributed by atoms with Gasteiger partial charge >= 0.3 is 0 Å². The third-order valence-electron chi connectivity index (χ3n) is 20.3. The predicted molar refractivity (Wildman–Crippen MR) is 417 cm³/mol. The van der Waals surface area contributed by atoms with Crippen LogP contribution in [0.4, 0.5) is 0 Å². The molecule has 20 aromatic rings. The summed E-state index contributed by atoms with van der Waals surface area (Å²) < 4.78 is 22.6. The molecule has 12 heteroatoms. The van der Waals surface area contributed by atoms with Gasteiger partial charge in [0.25, 0.3) is 0 Å². The molecule has 0 N–H and O–H groups in total. The first-order valence-electron chi connectivity index (χ1n) is 34.1. The van der Waals surface area contributed by atoms with Crippen LogP contribution in [0.5, 0.6) is 0 Å².